The number of aromatic carboxylic acids is 1. The highest BCUT2D eigenvalue weighted by molar-refractivity contribution is 7.16. The minimum absolute atomic E-state index is 0. The van der Waals surface area contributed by atoms with E-state index in [0.717, 1.165) is 83.4 Å². The van der Waals surface area contributed by atoms with Crippen LogP contribution in [0.2, 0.25) is 0 Å². The van der Waals surface area contributed by atoms with Crippen molar-refractivity contribution in [3.05, 3.63) is 119 Å². The van der Waals surface area contributed by atoms with E-state index in [0.29, 0.717) is 64.1 Å². The molecule has 2 aliphatic rings. The highest BCUT2D eigenvalue weighted by Gasteiger charge is 2.26. The molecule has 0 saturated carbocycles. The summed E-state index contributed by atoms with van der Waals surface area (Å²) in [5.74, 6) is 0.791. The number of hydrogen-bond acceptors (Lipinski definition) is 17. The topological polar surface area (TPSA) is 190 Å². The number of carbonyl (C=O) groups is 2. The SMILES string of the molecule is COCC1CCCN1c1cccc(Nc2nc(-c3cccc(C(=O)O)c3)nc3scnc23)c1.COCC1CCCN1c1cccc(Nc2nc(-c3cccc(C(=O)OC)c3)nc3scnc23)c1.Cl. The smallest absolute Gasteiger partial charge is 0.337 e. The Kier molecular flexibility index (Phi) is 15.3. The summed E-state index contributed by atoms with van der Waals surface area (Å²) in [4.78, 5) is 57.4. The lowest BCUT2D eigenvalue weighted by Crippen LogP contribution is -2.32. The van der Waals surface area contributed by atoms with Gasteiger partial charge in [0, 0.05) is 61.2 Å². The molecule has 6 heterocycles. The minimum Gasteiger partial charge on any atom is -0.478 e. The van der Waals surface area contributed by atoms with Gasteiger partial charge in [-0.1, -0.05) is 36.4 Å². The maximum Gasteiger partial charge on any atom is 0.337 e. The van der Waals surface area contributed by atoms with Gasteiger partial charge in [-0.2, -0.15) is 0 Å². The van der Waals surface area contributed by atoms with E-state index in [1.165, 1.54) is 29.8 Å². The van der Waals surface area contributed by atoms with Crippen LogP contribution in [-0.4, -0.2) is 107 Å². The number of methoxy groups -OCH3 is 3. The minimum atomic E-state index is -0.987. The molecule has 0 radical (unpaired) electrons. The molecule has 2 fully saturated rings. The van der Waals surface area contributed by atoms with Crippen LogP contribution in [0.25, 0.3) is 43.5 Å². The summed E-state index contributed by atoms with van der Waals surface area (Å²) in [5.41, 5.74) is 11.0. The first kappa shape index (κ1) is 47.7. The van der Waals surface area contributed by atoms with Crippen molar-refractivity contribution in [3.8, 4) is 22.8 Å². The van der Waals surface area contributed by atoms with Crippen molar-refractivity contribution in [2.24, 2.45) is 0 Å². The number of carboxylic acids is 1. The van der Waals surface area contributed by atoms with Crippen LogP contribution in [0.5, 0.6) is 0 Å². The second kappa shape index (κ2) is 21.9. The van der Waals surface area contributed by atoms with E-state index < -0.39 is 11.9 Å². The molecule has 2 atom stereocenters. The van der Waals surface area contributed by atoms with E-state index in [-0.39, 0.29) is 18.0 Å². The molecular weight excluding hydrogens is 924 g/mol. The zero-order valence-electron chi connectivity index (χ0n) is 37.5. The summed E-state index contributed by atoms with van der Waals surface area (Å²) in [7, 11) is 4.86. The maximum absolute atomic E-state index is 12.0. The number of anilines is 6. The van der Waals surface area contributed by atoms with Crippen LogP contribution < -0.4 is 20.4 Å². The number of aromatic nitrogens is 6. The standard InChI is InChI=1S/C25H25N5O3S.C24H23N5O3S.ClH/c1-32-14-20-10-5-11-30(20)19-9-4-8-18(13-19)27-23-21-24(34-15-26-21)29-22(28-23)16-6-3-7-17(12-16)25(31)33-2;1-32-13-19-9-4-10-29(19)18-8-3-7-17(12-18)26-22-20-23(33-14-25-20)28-21(27-22)15-5-2-6-16(11-15)24(30)31;/h3-4,6-9,12-13,15,20H,5,10-11,14H2,1-2H3,(H,27,28,29);2-3,5-8,11-12,14,19H,4,9-10,13H2,1H3,(H,30,31)(H,26,27,28);1H. The molecule has 0 bridgehead atoms. The number of thiazole rings is 2. The lowest BCUT2D eigenvalue weighted by molar-refractivity contribution is 0.0599. The van der Waals surface area contributed by atoms with Gasteiger partial charge in [-0.25, -0.2) is 39.5 Å². The zero-order valence-corrected chi connectivity index (χ0v) is 39.9. The molecule has 10 rings (SSSR count). The highest BCUT2D eigenvalue weighted by atomic mass is 35.5. The Bertz CT molecular complexity index is 3040. The first-order valence-corrected chi connectivity index (χ1v) is 23.5. The van der Waals surface area contributed by atoms with E-state index in [9.17, 15) is 14.7 Å². The molecule has 3 N–H and O–H groups in total. The second-order valence-electron chi connectivity index (χ2n) is 16.0. The lowest BCUT2D eigenvalue weighted by atomic mass is 10.1. The average Bonchev–Trinajstić information content (AvgIpc) is 4.21. The monoisotopic (exact) mass is 972 g/mol. The van der Waals surface area contributed by atoms with E-state index >= 15 is 0 Å². The molecule has 2 aliphatic heterocycles. The van der Waals surface area contributed by atoms with Crippen molar-refractivity contribution in [1.29, 1.82) is 0 Å². The fourth-order valence-corrected chi connectivity index (χ4v) is 9.85. The molecule has 4 aromatic heterocycles. The first-order chi connectivity index (χ1) is 32.8. The third-order valence-electron chi connectivity index (χ3n) is 11.7. The molecule has 16 nitrogen and oxygen atoms in total. The van der Waals surface area contributed by atoms with Gasteiger partial charge >= 0.3 is 11.9 Å². The van der Waals surface area contributed by atoms with Gasteiger partial charge in [-0.15, -0.1) is 35.1 Å². The fraction of sp³-hybridized carbons (Fsp3) is 0.265. The summed E-state index contributed by atoms with van der Waals surface area (Å²) in [6, 6.07) is 31.1. The normalized spacial score (nSPS) is 15.5. The number of nitrogens with one attached hydrogen (secondary N) is 2. The number of carbonyl (C=O) groups excluding carboxylic acids is 1. The molecule has 4 aromatic carbocycles. The molecule has 0 amide bonds. The van der Waals surface area contributed by atoms with Crippen molar-refractivity contribution in [3.63, 3.8) is 0 Å². The van der Waals surface area contributed by atoms with E-state index in [4.69, 9.17) is 24.2 Å². The number of rotatable bonds is 14. The van der Waals surface area contributed by atoms with Crippen LogP contribution >= 0.6 is 35.1 Å². The van der Waals surface area contributed by atoms with Crippen LogP contribution in [-0.2, 0) is 14.2 Å². The number of fused-ring (bicyclic) bond motifs is 2. The number of benzene rings is 4. The van der Waals surface area contributed by atoms with Crippen molar-refractivity contribution < 1.29 is 28.9 Å². The number of halogens is 1. The van der Waals surface area contributed by atoms with Gasteiger partial charge in [0.15, 0.2) is 23.3 Å². The summed E-state index contributed by atoms with van der Waals surface area (Å²) >= 11 is 2.87. The molecule has 2 unspecified atom stereocenters. The Morgan fingerprint density at radius 2 is 1.12 bits per heavy atom. The predicted octanol–water partition coefficient (Wildman–Crippen LogP) is 10.1. The van der Waals surface area contributed by atoms with Gasteiger partial charge in [-0.05, 0) is 86.3 Å². The zero-order chi connectivity index (χ0) is 46.3. The molecule has 19 heteroatoms. The van der Waals surface area contributed by atoms with Crippen molar-refractivity contribution in [1.82, 2.24) is 29.9 Å². The molecular formula is C49H49ClN10O6S2. The Morgan fingerprint density at radius 1 is 0.647 bits per heavy atom. The summed E-state index contributed by atoms with van der Waals surface area (Å²) in [5, 5.41) is 16.2. The van der Waals surface area contributed by atoms with Crippen LogP contribution in [0.3, 0.4) is 0 Å². The van der Waals surface area contributed by atoms with E-state index in [1.54, 1.807) is 61.6 Å². The number of ether oxygens (including phenoxy) is 3. The fourth-order valence-electron chi connectivity index (χ4n) is 8.53. The van der Waals surface area contributed by atoms with Gasteiger partial charge in [0.1, 0.15) is 20.7 Å². The van der Waals surface area contributed by atoms with Gasteiger partial charge in [0.2, 0.25) is 0 Å². The summed E-state index contributed by atoms with van der Waals surface area (Å²) < 4.78 is 15.7. The molecule has 350 valence electrons. The quantitative estimate of drug-likeness (QED) is 0.0872. The van der Waals surface area contributed by atoms with Crippen LogP contribution in [0.15, 0.2) is 108 Å². The number of esters is 1. The lowest BCUT2D eigenvalue weighted by Gasteiger charge is -2.26. The molecule has 68 heavy (non-hydrogen) atoms. The summed E-state index contributed by atoms with van der Waals surface area (Å²) in [6.45, 7) is 3.45. The number of carboxylic acid groups (broad SMARTS) is 1. The van der Waals surface area contributed by atoms with Gasteiger partial charge in [-0.3, -0.25) is 0 Å². The van der Waals surface area contributed by atoms with Crippen LogP contribution in [0, 0.1) is 0 Å². The Labute approximate surface area is 406 Å². The third-order valence-corrected chi connectivity index (χ3v) is 13.1. The second-order valence-corrected chi connectivity index (χ2v) is 17.7. The van der Waals surface area contributed by atoms with E-state index in [1.807, 2.05) is 36.4 Å². The van der Waals surface area contributed by atoms with Gasteiger partial charge in [0.05, 0.1) is 54.6 Å². The Hall–Kier alpha value is -6.83. The average molecular weight is 974 g/mol. The van der Waals surface area contributed by atoms with Gasteiger partial charge in [0.25, 0.3) is 0 Å². The van der Waals surface area contributed by atoms with E-state index in [2.05, 4.69) is 64.6 Å². The third kappa shape index (κ3) is 10.6. The van der Waals surface area contributed by atoms with Gasteiger partial charge < -0.3 is 39.8 Å². The molecule has 0 spiro atoms. The first-order valence-electron chi connectivity index (χ1n) is 21.8. The molecule has 0 aliphatic carbocycles. The van der Waals surface area contributed by atoms with Crippen LogP contribution in [0.4, 0.5) is 34.4 Å². The highest BCUT2D eigenvalue weighted by Crippen LogP contribution is 2.34. The predicted molar refractivity (Wildman–Crippen MR) is 271 cm³/mol. The Balaban J connectivity index is 0.000000181. The molecule has 8 aromatic rings. The van der Waals surface area contributed by atoms with Crippen molar-refractivity contribution in [2.45, 2.75) is 37.8 Å². The number of hydrogen-bond donors (Lipinski definition) is 3. The van der Waals surface area contributed by atoms with Crippen LogP contribution in [0.1, 0.15) is 46.4 Å². The van der Waals surface area contributed by atoms with Crippen molar-refractivity contribution >= 4 is 102 Å². The maximum atomic E-state index is 12.0. The summed E-state index contributed by atoms with van der Waals surface area (Å²) in [6.07, 6.45) is 4.56. The Morgan fingerprint density at radius 3 is 1.59 bits per heavy atom. The largest absolute Gasteiger partial charge is 0.478 e. The number of nitrogens with zero attached hydrogens (tertiary/aromatic N) is 8. The molecule has 2 saturated heterocycles. The van der Waals surface area contributed by atoms with Crippen molar-refractivity contribution in [2.75, 3.05) is 68.1 Å².